The summed E-state index contributed by atoms with van der Waals surface area (Å²) < 4.78 is 1.85. The Morgan fingerprint density at radius 2 is 2.11 bits per heavy atom. The van der Waals surface area contributed by atoms with Crippen LogP contribution in [0.2, 0.25) is 0 Å². The van der Waals surface area contributed by atoms with E-state index in [1.165, 1.54) is 17.8 Å². The first-order chi connectivity index (χ1) is 13.0. The highest BCUT2D eigenvalue weighted by Gasteiger charge is 2.16. The molecule has 0 saturated carbocycles. The zero-order valence-corrected chi connectivity index (χ0v) is 15.0. The number of para-hydroxylation sites is 2. The van der Waals surface area contributed by atoms with E-state index in [2.05, 4.69) is 20.5 Å². The molecule has 2 N–H and O–H groups in total. The van der Waals surface area contributed by atoms with Crippen molar-refractivity contribution >= 4 is 45.9 Å². The molecule has 2 aromatic carbocycles. The largest absolute Gasteiger partial charge is 0.325 e. The lowest BCUT2D eigenvalue weighted by atomic mass is 10.1. The number of nitrogens with one attached hydrogen (secondary N) is 2. The van der Waals surface area contributed by atoms with E-state index in [4.69, 9.17) is 0 Å². The van der Waals surface area contributed by atoms with Gasteiger partial charge in [0.05, 0.1) is 33.0 Å². The molecular weight excluding hydrogens is 368 g/mol. The number of carbonyl (C=O) groups is 1. The normalized spacial score (nSPS) is 11.1. The van der Waals surface area contributed by atoms with Crippen molar-refractivity contribution in [3.8, 4) is 0 Å². The number of fused-ring (bicyclic) bond motifs is 3. The Labute approximate surface area is 156 Å². The maximum atomic E-state index is 12.3. The molecule has 4 rings (SSSR count). The Balaban J connectivity index is 1.51. The van der Waals surface area contributed by atoms with Gasteiger partial charge in [0.2, 0.25) is 11.7 Å². The van der Waals surface area contributed by atoms with Crippen molar-refractivity contribution in [2.45, 2.75) is 12.1 Å². The molecule has 0 aliphatic carbocycles. The number of imidazole rings is 1. The first-order valence-corrected chi connectivity index (χ1v) is 9.01. The van der Waals surface area contributed by atoms with Crippen LogP contribution in [0, 0.1) is 17.0 Å². The Morgan fingerprint density at radius 1 is 1.30 bits per heavy atom. The van der Waals surface area contributed by atoms with Crippen LogP contribution in [0.1, 0.15) is 5.56 Å². The minimum Gasteiger partial charge on any atom is -0.325 e. The molecular formula is C17H14N6O3S. The molecule has 2 aromatic heterocycles. The summed E-state index contributed by atoms with van der Waals surface area (Å²) in [7, 11) is 0. The fraction of sp³-hybridized carbons (Fsp3) is 0.118. The molecule has 0 spiro atoms. The summed E-state index contributed by atoms with van der Waals surface area (Å²) in [5.74, 6) is 0.437. The summed E-state index contributed by atoms with van der Waals surface area (Å²) in [5, 5.41) is 21.4. The van der Waals surface area contributed by atoms with Crippen LogP contribution < -0.4 is 5.32 Å². The predicted octanol–water partition coefficient (Wildman–Crippen LogP) is 3.16. The highest BCUT2D eigenvalue weighted by molar-refractivity contribution is 7.99. The minimum atomic E-state index is -0.468. The van der Waals surface area contributed by atoms with E-state index in [9.17, 15) is 14.9 Å². The second-order valence-corrected chi connectivity index (χ2v) is 6.75. The van der Waals surface area contributed by atoms with E-state index < -0.39 is 4.92 Å². The van der Waals surface area contributed by atoms with Gasteiger partial charge in [0, 0.05) is 6.07 Å². The van der Waals surface area contributed by atoms with Crippen LogP contribution in [0.15, 0.2) is 47.6 Å². The van der Waals surface area contributed by atoms with E-state index in [-0.39, 0.29) is 17.3 Å². The molecule has 9 nitrogen and oxygen atoms in total. The number of nitro groups is 1. The number of aromatic nitrogens is 4. The van der Waals surface area contributed by atoms with Crippen LogP contribution in [-0.2, 0) is 4.79 Å². The molecule has 4 aromatic rings. The maximum absolute atomic E-state index is 12.3. The number of thioether (sulfide) groups is 1. The summed E-state index contributed by atoms with van der Waals surface area (Å²) in [6, 6.07) is 12.2. The second-order valence-electron chi connectivity index (χ2n) is 5.81. The van der Waals surface area contributed by atoms with Gasteiger partial charge in [-0.15, -0.1) is 5.10 Å². The standard InChI is InChI=1S/C17H14N6O3S/c1-10-11(6-4-8-13(10)23(25)26)18-15(24)9-27-17-21-20-16-19-12-5-2-3-7-14(12)22(16)17/h2-8H,9H2,1H3,(H,18,24)(H,19,20). The van der Waals surface area contributed by atoms with Crippen molar-refractivity contribution in [1.82, 2.24) is 19.6 Å². The monoisotopic (exact) mass is 382 g/mol. The van der Waals surface area contributed by atoms with Gasteiger partial charge in [0.15, 0.2) is 5.16 Å². The van der Waals surface area contributed by atoms with Crippen LogP contribution in [0.5, 0.6) is 0 Å². The molecule has 0 aliphatic heterocycles. The Hall–Kier alpha value is -3.40. The molecule has 0 radical (unpaired) electrons. The Bertz CT molecular complexity index is 1180. The second kappa shape index (κ2) is 6.72. The van der Waals surface area contributed by atoms with Crippen molar-refractivity contribution in [2.75, 3.05) is 11.1 Å². The highest BCUT2D eigenvalue weighted by Crippen LogP contribution is 2.26. The third kappa shape index (κ3) is 3.10. The lowest BCUT2D eigenvalue weighted by molar-refractivity contribution is -0.385. The first-order valence-electron chi connectivity index (χ1n) is 8.03. The topological polar surface area (TPSA) is 118 Å². The molecule has 27 heavy (non-hydrogen) atoms. The van der Waals surface area contributed by atoms with Crippen LogP contribution in [0.25, 0.3) is 16.8 Å². The van der Waals surface area contributed by atoms with Gasteiger partial charge in [-0.25, -0.2) is 10.1 Å². The van der Waals surface area contributed by atoms with Crippen LogP contribution >= 0.6 is 11.8 Å². The lowest BCUT2D eigenvalue weighted by Gasteiger charge is -2.08. The van der Waals surface area contributed by atoms with E-state index in [0.717, 1.165) is 11.0 Å². The summed E-state index contributed by atoms with van der Waals surface area (Å²) in [6.45, 7) is 1.61. The number of hydrogen-bond donors (Lipinski definition) is 2. The van der Waals surface area contributed by atoms with Gasteiger partial charge in [0.25, 0.3) is 5.69 Å². The summed E-state index contributed by atoms with van der Waals surface area (Å²) in [6.07, 6.45) is 0. The van der Waals surface area contributed by atoms with Crippen molar-refractivity contribution in [2.24, 2.45) is 0 Å². The quantitative estimate of drug-likeness (QED) is 0.311. The Morgan fingerprint density at radius 3 is 2.93 bits per heavy atom. The number of rotatable bonds is 5. The number of carbonyl (C=O) groups excluding carboxylic acids is 1. The number of aromatic amines is 1. The highest BCUT2D eigenvalue weighted by atomic mass is 32.2. The number of H-pyrrole nitrogens is 1. The van der Waals surface area contributed by atoms with Gasteiger partial charge >= 0.3 is 0 Å². The molecule has 10 heteroatoms. The number of anilines is 1. The SMILES string of the molecule is Cc1c(NC(=O)CSc2n[nH]c3nc4ccccc4n23)cccc1[N+](=O)[O-]. The summed E-state index contributed by atoms with van der Waals surface area (Å²) in [5.41, 5.74) is 2.56. The van der Waals surface area contributed by atoms with Crippen LogP contribution in [0.3, 0.4) is 0 Å². The molecule has 136 valence electrons. The molecule has 0 atom stereocenters. The molecule has 2 heterocycles. The molecule has 1 amide bonds. The average Bonchev–Trinajstić information content (AvgIpc) is 3.20. The third-order valence-corrected chi connectivity index (χ3v) is 5.05. The first kappa shape index (κ1) is 17.0. The minimum absolute atomic E-state index is 0.0284. The van der Waals surface area contributed by atoms with Crippen LogP contribution in [0.4, 0.5) is 11.4 Å². The predicted molar refractivity (Wildman–Crippen MR) is 102 cm³/mol. The van der Waals surface area contributed by atoms with Gasteiger partial charge in [-0.1, -0.05) is 30.0 Å². The molecule has 0 unspecified atom stereocenters. The van der Waals surface area contributed by atoms with Gasteiger partial charge in [-0.2, -0.15) is 0 Å². The van der Waals surface area contributed by atoms with Gasteiger partial charge in [-0.05, 0) is 25.1 Å². The van der Waals surface area contributed by atoms with Gasteiger partial charge in [0.1, 0.15) is 0 Å². The van der Waals surface area contributed by atoms with E-state index in [1.807, 2.05) is 28.7 Å². The number of hydrogen-bond acceptors (Lipinski definition) is 6. The van der Waals surface area contributed by atoms with E-state index >= 15 is 0 Å². The molecule has 0 aliphatic rings. The average molecular weight is 382 g/mol. The zero-order chi connectivity index (χ0) is 19.0. The Kier molecular flexibility index (Phi) is 4.24. The van der Waals surface area contributed by atoms with Crippen LogP contribution in [-0.4, -0.2) is 36.2 Å². The third-order valence-electron chi connectivity index (χ3n) is 4.11. The fourth-order valence-corrected chi connectivity index (χ4v) is 3.57. The van der Waals surface area contributed by atoms with Crippen molar-refractivity contribution in [3.63, 3.8) is 0 Å². The molecule has 0 bridgehead atoms. The number of benzene rings is 2. The smallest absolute Gasteiger partial charge is 0.274 e. The zero-order valence-electron chi connectivity index (χ0n) is 14.2. The summed E-state index contributed by atoms with van der Waals surface area (Å²) >= 11 is 1.25. The molecule has 0 saturated heterocycles. The van der Waals surface area contributed by atoms with Gasteiger partial charge in [-0.3, -0.25) is 19.3 Å². The van der Waals surface area contributed by atoms with Crippen molar-refractivity contribution < 1.29 is 9.72 Å². The van der Waals surface area contributed by atoms with E-state index in [1.54, 1.807) is 19.1 Å². The van der Waals surface area contributed by atoms with Gasteiger partial charge < -0.3 is 5.32 Å². The number of amides is 1. The number of nitro benzene ring substituents is 1. The molecule has 0 fully saturated rings. The van der Waals surface area contributed by atoms with Crippen molar-refractivity contribution in [1.29, 1.82) is 0 Å². The number of nitrogens with zero attached hydrogens (tertiary/aromatic N) is 4. The maximum Gasteiger partial charge on any atom is 0.274 e. The fourth-order valence-electron chi connectivity index (χ4n) is 2.81. The van der Waals surface area contributed by atoms with Crippen molar-refractivity contribution in [3.05, 3.63) is 58.1 Å². The summed E-state index contributed by atoms with van der Waals surface area (Å²) in [4.78, 5) is 27.3. The van der Waals surface area contributed by atoms with E-state index in [0.29, 0.717) is 22.2 Å². The lowest BCUT2D eigenvalue weighted by Crippen LogP contribution is -2.15.